The van der Waals surface area contributed by atoms with Gasteiger partial charge in [0, 0.05) is 18.8 Å². The summed E-state index contributed by atoms with van der Waals surface area (Å²) in [6, 6.07) is 0. The molecule has 0 aromatic rings. The number of ether oxygens (including phenoxy) is 2. The number of hydrogen-bond acceptors (Lipinski definition) is 3. The van der Waals surface area contributed by atoms with Crippen LogP contribution in [0.25, 0.3) is 0 Å². The van der Waals surface area contributed by atoms with Gasteiger partial charge in [0.1, 0.15) is 11.7 Å². The van der Waals surface area contributed by atoms with Crippen LogP contribution in [0.5, 0.6) is 0 Å². The van der Waals surface area contributed by atoms with Crippen LogP contribution in [0.3, 0.4) is 0 Å². The van der Waals surface area contributed by atoms with Crippen molar-refractivity contribution in [3.05, 3.63) is 0 Å². The molecular weight excluding hydrogens is 384 g/mol. The number of fused-ring (bicyclic) bond motifs is 5. The molecule has 4 saturated carbocycles. The smallest absolute Gasteiger partial charge is 0.302 e. The molecule has 31 heavy (non-hydrogen) atoms. The lowest BCUT2D eigenvalue weighted by atomic mass is 9.53. The minimum Gasteiger partial charge on any atom is -0.462 e. The van der Waals surface area contributed by atoms with Crippen molar-refractivity contribution in [2.75, 3.05) is 0 Å². The van der Waals surface area contributed by atoms with E-state index >= 15 is 0 Å². The van der Waals surface area contributed by atoms with Gasteiger partial charge in [0.2, 0.25) is 0 Å². The summed E-state index contributed by atoms with van der Waals surface area (Å²) in [6.07, 6.45) is 13.5. The first-order chi connectivity index (χ1) is 14.6. The molecule has 0 N–H and O–H groups in total. The maximum absolute atomic E-state index is 11.6. The van der Waals surface area contributed by atoms with Crippen LogP contribution in [0, 0.1) is 46.3 Å². The molecule has 0 aromatic carbocycles. The molecule has 3 nitrogen and oxygen atoms in total. The zero-order valence-corrected chi connectivity index (χ0v) is 20.9. The van der Waals surface area contributed by atoms with Gasteiger partial charge in [-0.15, -0.1) is 0 Å². The van der Waals surface area contributed by atoms with Crippen LogP contribution in [0.2, 0.25) is 0 Å². The van der Waals surface area contributed by atoms with Crippen LogP contribution in [0.4, 0.5) is 0 Å². The largest absolute Gasteiger partial charge is 0.462 e. The molecule has 4 aliphatic carbocycles. The number of esters is 1. The van der Waals surface area contributed by atoms with Gasteiger partial charge in [0.05, 0.1) is 6.10 Å². The SMILES string of the molecule is CC(=O)O[C@H]1CC[C@]2(C)[C@H]3CC[C@]4(C)[C@@H]([C@H](C)CCCC(C)C)CC[C@H]4[C@@H]3[C@@H]3O[C@@]32C1. The fourth-order valence-corrected chi connectivity index (χ4v) is 9.77. The molecule has 0 unspecified atom stereocenters. The highest BCUT2D eigenvalue weighted by Crippen LogP contribution is 2.78. The highest BCUT2D eigenvalue weighted by molar-refractivity contribution is 5.66. The standard InChI is InChI=1S/C28H46O3/c1-17(2)8-7-9-18(3)21-10-11-22-24-23(13-14-26(21,22)5)27(6)15-12-20(30-19(4)29)16-28(27)25(24)31-28/h17-18,20-25H,7-16H2,1-6H3/t18-,20+,21-,22+,23+,24+,25+,26-,27-,28+/m1/s1. The van der Waals surface area contributed by atoms with Gasteiger partial charge in [-0.25, -0.2) is 0 Å². The molecule has 5 rings (SSSR count). The topological polar surface area (TPSA) is 38.8 Å². The molecule has 0 aromatic heterocycles. The molecule has 1 heterocycles. The monoisotopic (exact) mass is 430 g/mol. The molecule has 3 heteroatoms. The molecule has 5 fully saturated rings. The van der Waals surface area contributed by atoms with E-state index < -0.39 is 0 Å². The van der Waals surface area contributed by atoms with Gasteiger partial charge in [-0.05, 0) is 79.4 Å². The molecule has 0 radical (unpaired) electrons. The Balaban J connectivity index is 1.33. The first kappa shape index (κ1) is 22.2. The zero-order chi connectivity index (χ0) is 22.2. The Morgan fingerprint density at radius 1 is 1.03 bits per heavy atom. The van der Waals surface area contributed by atoms with Crippen molar-refractivity contribution in [3.63, 3.8) is 0 Å². The van der Waals surface area contributed by atoms with Crippen LogP contribution in [0.15, 0.2) is 0 Å². The lowest BCUT2D eigenvalue weighted by Crippen LogP contribution is -2.49. The van der Waals surface area contributed by atoms with Crippen molar-refractivity contribution in [1.29, 1.82) is 0 Å². The number of carbonyl (C=O) groups excluding carboxylic acids is 1. The van der Waals surface area contributed by atoms with Gasteiger partial charge in [0.15, 0.2) is 0 Å². The quantitative estimate of drug-likeness (QED) is 0.344. The molecule has 0 amide bonds. The average Bonchev–Trinajstić information content (AvgIpc) is 3.20. The van der Waals surface area contributed by atoms with Crippen molar-refractivity contribution < 1.29 is 14.3 Å². The molecule has 1 aliphatic heterocycles. The van der Waals surface area contributed by atoms with Crippen molar-refractivity contribution in [1.82, 2.24) is 0 Å². The summed E-state index contributed by atoms with van der Waals surface area (Å²) in [4.78, 5) is 11.6. The highest BCUT2D eigenvalue weighted by Gasteiger charge is 2.82. The summed E-state index contributed by atoms with van der Waals surface area (Å²) in [7, 11) is 0. The zero-order valence-electron chi connectivity index (χ0n) is 20.9. The van der Waals surface area contributed by atoms with Gasteiger partial charge in [-0.1, -0.05) is 53.9 Å². The minimum atomic E-state index is -0.129. The predicted octanol–water partition coefficient (Wildman–Crippen LogP) is 6.78. The lowest BCUT2D eigenvalue weighted by molar-refractivity contribution is -0.154. The van der Waals surface area contributed by atoms with Crippen molar-refractivity contribution in [2.45, 2.75) is 124 Å². The summed E-state index contributed by atoms with van der Waals surface area (Å²) < 4.78 is 12.4. The van der Waals surface area contributed by atoms with Crippen molar-refractivity contribution >= 4 is 5.97 Å². The highest BCUT2D eigenvalue weighted by atomic mass is 16.6. The second kappa shape index (κ2) is 7.47. The fraction of sp³-hybridized carbons (Fsp3) is 0.964. The third kappa shape index (κ3) is 3.18. The van der Waals surface area contributed by atoms with E-state index in [0.717, 1.165) is 48.3 Å². The average molecular weight is 431 g/mol. The third-order valence-electron chi connectivity index (χ3n) is 11.3. The summed E-state index contributed by atoms with van der Waals surface area (Å²) >= 11 is 0. The minimum absolute atomic E-state index is 0.00686. The summed E-state index contributed by atoms with van der Waals surface area (Å²) in [5.41, 5.74) is 0.804. The Morgan fingerprint density at radius 2 is 1.81 bits per heavy atom. The van der Waals surface area contributed by atoms with E-state index in [2.05, 4.69) is 34.6 Å². The summed E-state index contributed by atoms with van der Waals surface area (Å²) in [5.74, 6) is 4.84. The molecule has 1 spiro atoms. The lowest BCUT2D eigenvalue weighted by Gasteiger charge is -2.53. The van der Waals surface area contributed by atoms with E-state index in [-0.39, 0.29) is 17.7 Å². The Hall–Kier alpha value is -0.570. The molecule has 176 valence electrons. The van der Waals surface area contributed by atoms with Gasteiger partial charge < -0.3 is 9.47 Å². The molecule has 1 saturated heterocycles. The predicted molar refractivity (Wildman–Crippen MR) is 124 cm³/mol. The Bertz CT molecular complexity index is 717. The van der Waals surface area contributed by atoms with E-state index in [0.29, 0.717) is 16.9 Å². The van der Waals surface area contributed by atoms with E-state index in [1.165, 1.54) is 51.4 Å². The first-order valence-electron chi connectivity index (χ1n) is 13.5. The number of carbonyl (C=O) groups is 1. The van der Waals surface area contributed by atoms with Crippen LogP contribution in [-0.2, 0) is 14.3 Å². The van der Waals surface area contributed by atoms with E-state index in [1.54, 1.807) is 6.92 Å². The normalized spacial score (nSPS) is 50.9. The van der Waals surface area contributed by atoms with Gasteiger partial charge >= 0.3 is 5.97 Å². The molecule has 10 atom stereocenters. The number of rotatable bonds is 6. The van der Waals surface area contributed by atoms with Gasteiger partial charge in [-0.2, -0.15) is 0 Å². The van der Waals surface area contributed by atoms with Crippen molar-refractivity contribution in [3.8, 4) is 0 Å². The second-order valence-corrected chi connectivity index (χ2v) is 13.1. The third-order valence-corrected chi connectivity index (χ3v) is 11.3. The molecular formula is C28H46O3. The second-order valence-electron chi connectivity index (χ2n) is 13.1. The van der Waals surface area contributed by atoms with Gasteiger partial charge in [0.25, 0.3) is 0 Å². The first-order valence-corrected chi connectivity index (χ1v) is 13.5. The Morgan fingerprint density at radius 3 is 2.52 bits per heavy atom. The summed E-state index contributed by atoms with van der Waals surface area (Å²) in [5, 5.41) is 0. The maximum Gasteiger partial charge on any atom is 0.302 e. The maximum atomic E-state index is 11.6. The van der Waals surface area contributed by atoms with E-state index in [4.69, 9.17) is 9.47 Å². The molecule has 0 bridgehead atoms. The van der Waals surface area contributed by atoms with Crippen LogP contribution in [-0.4, -0.2) is 23.8 Å². The number of epoxide rings is 1. The fourth-order valence-electron chi connectivity index (χ4n) is 9.77. The Labute approximate surface area is 190 Å². The van der Waals surface area contributed by atoms with E-state index in [9.17, 15) is 4.79 Å². The number of hydrogen-bond donors (Lipinski definition) is 0. The van der Waals surface area contributed by atoms with Crippen LogP contribution >= 0.6 is 0 Å². The van der Waals surface area contributed by atoms with Crippen LogP contribution in [0.1, 0.15) is 106 Å². The summed E-state index contributed by atoms with van der Waals surface area (Å²) in [6.45, 7) is 14.0. The molecule has 5 aliphatic rings. The van der Waals surface area contributed by atoms with Crippen molar-refractivity contribution in [2.24, 2.45) is 46.3 Å². The Kier molecular flexibility index (Phi) is 5.36. The van der Waals surface area contributed by atoms with Crippen LogP contribution < -0.4 is 0 Å². The van der Waals surface area contributed by atoms with Gasteiger partial charge in [-0.3, -0.25) is 4.79 Å². The van der Waals surface area contributed by atoms with E-state index in [1.807, 2.05) is 0 Å².